The van der Waals surface area contributed by atoms with Crippen molar-refractivity contribution < 1.29 is 13.9 Å². The van der Waals surface area contributed by atoms with Crippen LogP contribution in [0.2, 0.25) is 0 Å². The topological polar surface area (TPSA) is 63.5 Å². The predicted molar refractivity (Wildman–Crippen MR) is 80.0 cm³/mol. The molecular formula is C16H20N2O3. The average Bonchev–Trinajstić information content (AvgIpc) is 3.24. The SMILES string of the molecule is COCC(NC(=O)NCc1cc2ccccc2o1)C1CC1. The molecule has 1 aromatic heterocycles. The molecule has 21 heavy (non-hydrogen) atoms. The predicted octanol–water partition coefficient (Wildman–Crippen LogP) is 2.66. The summed E-state index contributed by atoms with van der Waals surface area (Å²) < 4.78 is 10.8. The third kappa shape index (κ3) is 3.55. The maximum atomic E-state index is 11.9. The van der Waals surface area contributed by atoms with E-state index in [1.165, 1.54) is 0 Å². The van der Waals surface area contributed by atoms with Gasteiger partial charge in [0.2, 0.25) is 0 Å². The minimum Gasteiger partial charge on any atom is -0.459 e. The number of para-hydroxylation sites is 1. The fraction of sp³-hybridized carbons (Fsp3) is 0.438. The van der Waals surface area contributed by atoms with Gasteiger partial charge in [-0.25, -0.2) is 4.79 Å². The third-order valence-electron chi connectivity index (χ3n) is 3.75. The minimum atomic E-state index is -0.176. The van der Waals surface area contributed by atoms with Crippen molar-refractivity contribution >= 4 is 17.0 Å². The van der Waals surface area contributed by atoms with E-state index in [1.54, 1.807) is 7.11 Å². The number of methoxy groups -OCH3 is 1. The van der Waals surface area contributed by atoms with Crippen LogP contribution in [0.15, 0.2) is 34.7 Å². The van der Waals surface area contributed by atoms with E-state index < -0.39 is 0 Å². The van der Waals surface area contributed by atoms with Gasteiger partial charge in [0, 0.05) is 12.5 Å². The van der Waals surface area contributed by atoms with Crippen molar-refractivity contribution in [2.75, 3.05) is 13.7 Å². The summed E-state index contributed by atoms with van der Waals surface area (Å²) in [5, 5.41) is 6.85. The molecule has 3 rings (SSSR count). The third-order valence-corrected chi connectivity index (χ3v) is 3.75. The van der Waals surface area contributed by atoms with Crippen molar-refractivity contribution in [2.45, 2.75) is 25.4 Å². The first kappa shape index (κ1) is 13.9. The fourth-order valence-corrected chi connectivity index (χ4v) is 2.48. The molecule has 1 heterocycles. The van der Waals surface area contributed by atoms with E-state index in [0.29, 0.717) is 19.1 Å². The molecule has 5 nitrogen and oxygen atoms in total. The van der Waals surface area contributed by atoms with Crippen molar-refractivity contribution in [3.8, 4) is 0 Å². The maximum Gasteiger partial charge on any atom is 0.315 e. The van der Waals surface area contributed by atoms with E-state index in [0.717, 1.165) is 29.6 Å². The van der Waals surface area contributed by atoms with Crippen molar-refractivity contribution in [1.82, 2.24) is 10.6 Å². The van der Waals surface area contributed by atoms with Gasteiger partial charge in [-0.3, -0.25) is 0 Å². The van der Waals surface area contributed by atoms with Gasteiger partial charge in [0.25, 0.3) is 0 Å². The van der Waals surface area contributed by atoms with Gasteiger partial charge >= 0.3 is 6.03 Å². The lowest BCUT2D eigenvalue weighted by Gasteiger charge is -2.17. The van der Waals surface area contributed by atoms with Crippen LogP contribution in [0.25, 0.3) is 11.0 Å². The van der Waals surface area contributed by atoms with E-state index in [1.807, 2.05) is 30.3 Å². The molecule has 0 bridgehead atoms. The van der Waals surface area contributed by atoms with Crippen molar-refractivity contribution in [3.63, 3.8) is 0 Å². The van der Waals surface area contributed by atoms with E-state index >= 15 is 0 Å². The Balaban J connectivity index is 1.52. The first-order chi connectivity index (χ1) is 10.3. The van der Waals surface area contributed by atoms with Gasteiger partial charge in [0.05, 0.1) is 19.2 Å². The van der Waals surface area contributed by atoms with Crippen LogP contribution in [0.1, 0.15) is 18.6 Å². The highest BCUT2D eigenvalue weighted by Gasteiger charge is 2.32. The molecule has 1 fully saturated rings. The standard InChI is InChI=1S/C16H20N2O3/c1-20-10-14(11-6-7-11)18-16(19)17-9-13-8-12-4-2-3-5-15(12)21-13/h2-5,8,11,14H,6-7,9-10H2,1H3,(H2,17,18,19). The molecule has 1 aliphatic carbocycles. The van der Waals surface area contributed by atoms with Crippen LogP contribution < -0.4 is 10.6 Å². The van der Waals surface area contributed by atoms with Crippen molar-refractivity contribution in [3.05, 3.63) is 36.1 Å². The molecule has 0 spiro atoms. The molecule has 0 aliphatic heterocycles. The number of hydrogen-bond acceptors (Lipinski definition) is 3. The number of urea groups is 1. The molecule has 1 saturated carbocycles. The Bertz CT molecular complexity index is 586. The summed E-state index contributed by atoms with van der Waals surface area (Å²) in [6, 6.07) is 9.68. The molecule has 2 N–H and O–H groups in total. The van der Waals surface area contributed by atoms with Gasteiger partial charge in [-0.1, -0.05) is 18.2 Å². The molecule has 2 aromatic rings. The highest BCUT2D eigenvalue weighted by Crippen LogP contribution is 2.32. The van der Waals surface area contributed by atoms with Crippen LogP contribution in [0.4, 0.5) is 4.79 Å². The van der Waals surface area contributed by atoms with Gasteiger partial charge < -0.3 is 19.8 Å². The van der Waals surface area contributed by atoms with E-state index in [4.69, 9.17) is 9.15 Å². The fourth-order valence-electron chi connectivity index (χ4n) is 2.48. The molecule has 112 valence electrons. The second kappa shape index (κ2) is 6.18. The van der Waals surface area contributed by atoms with Gasteiger partial charge in [0.15, 0.2) is 0 Å². The Labute approximate surface area is 123 Å². The number of amides is 2. The summed E-state index contributed by atoms with van der Waals surface area (Å²) in [4.78, 5) is 11.9. The van der Waals surface area contributed by atoms with E-state index in [-0.39, 0.29) is 12.1 Å². The van der Waals surface area contributed by atoms with Crippen molar-refractivity contribution in [1.29, 1.82) is 0 Å². The smallest absolute Gasteiger partial charge is 0.315 e. The molecule has 1 atom stereocenters. The molecule has 0 saturated heterocycles. The molecule has 0 radical (unpaired) electrons. The Morgan fingerprint density at radius 2 is 2.24 bits per heavy atom. The van der Waals surface area contributed by atoms with Crippen LogP contribution in [-0.2, 0) is 11.3 Å². The van der Waals surface area contributed by atoms with Crippen LogP contribution >= 0.6 is 0 Å². The zero-order valence-corrected chi connectivity index (χ0v) is 12.1. The molecule has 5 heteroatoms. The number of carbonyl (C=O) groups excluding carboxylic acids is 1. The number of fused-ring (bicyclic) bond motifs is 1. The lowest BCUT2D eigenvalue weighted by atomic mass is 10.2. The first-order valence-corrected chi connectivity index (χ1v) is 7.27. The normalized spacial score (nSPS) is 15.9. The molecule has 1 unspecified atom stereocenters. The number of furan rings is 1. The van der Waals surface area contributed by atoms with Crippen LogP contribution in [-0.4, -0.2) is 25.8 Å². The van der Waals surface area contributed by atoms with Gasteiger partial charge in [0.1, 0.15) is 11.3 Å². The zero-order chi connectivity index (χ0) is 14.7. The minimum absolute atomic E-state index is 0.102. The lowest BCUT2D eigenvalue weighted by Crippen LogP contribution is -2.45. The molecule has 1 aromatic carbocycles. The number of rotatable bonds is 6. The summed E-state index contributed by atoms with van der Waals surface area (Å²) in [5.74, 6) is 1.31. The summed E-state index contributed by atoms with van der Waals surface area (Å²) in [7, 11) is 1.66. The monoisotopic (exact) mass is 288 g/mol. The first-order valence-electron chi connectivity index (χ1n) is 7.27. The van der Waals surface area contributed by atoms with Gasteiger partial charge in [-0.05, 0) is 30.9 Å². The molecule has 2 amide bonds. The summed E-state index contributed by atoms with van der Waals surface area (Å²) >= 11 is 0. The Morgan fingerprint density at radius 3 is 2.95 bits per heavy atom. The molecular weight excluding hydrogens is 268 g/mol. The second-order valence-corrected chi connectivity index (χ2v) is 5.48. The Kier molecular flexibility index (Phi) is 4.10. The second-order valence-electron chi connectivity index (χ2n) is 5.48. The number of carbonyl (C=O) groups is 1. The van der Waals surface area contributed by atoms with Crippen LogP contribution in [0.3, 0.4) is 0 Å². The Morgan fingerprint density at radius 1 is 1.43 bits per heavy atom. The molecule has 1 aliphatic rings. The number of hydrogen-bond donors (Lipinski definition) is 2. The van der Waals surface area contributed by atoms with Gasteiger partial charge in [-0.2, -0.15) is 0 Å². The highest BCUT2D eigenvalue weighted by molar-refractivity contribution is 5.78. The van der Waals surface area contributed by atoms with Crippen LogP contribution in [0.5, 0.6) is 0 Å². The highest BCUT2D eigenvalue weighted by atomic mass is 16.5. The van der Waals surface area contributed by atoms with E-state index in [9.17, 15) is 4.79 Å². The number of benzene rings is 1. The zero-order valence-electron chi connectivity index (χ0n) is 12.1. The van der Waals surface area contributed by atoms with Crippen molar-refractivity contribution in [2.24, 2.45) is 5.92 Å². The summed E-state index contributed by atoms with van der Waals surface area (Å²) in [5.41, 5.74) is 0.838. The van der Waals surface area contributed by atoms with Crippen LogP contribution in [0, 0.1) is 5.92 Å². The number of nitrogens with one attached hydrogen (secondary N) is 2. The van der Waals surface area contributed by atoms with E-state index in [2.05, 4.69) is 10.6 Å². The average molecular weight is 288 g/mol. The quantitative estimate of drug-likeness (QED) is 0.859. The summed E-state index contributed by atoms with van der Waals surface area (Å²) in [6.07, 6.45) is 2.33. The van der Waals surface area contributed by atoms with Gasteiger partial charge in [-0.15, -0.1) is 0 Å². The Hall–Kier alpha value is -2.01. The summed E-state index contributed by atoms with van der Waals surface area (Å²) in [6.45, 7) is 0.938. The number of ether oxygens (including phenoxy) is 1. The largest absolute Gasteiger partial charge is 0.459 e. The lowest BCUT2D eigenvalue weighted by molar-refractivity contribution is 0.157. The maximum absolute atomic E-state index is 11.9.